The smallest absolute Gasteiger partial charge is 0.269 e. The summed E-state index contributed by atoms with van der Waals surface area (Å²) >= 11 is 1.31. The molecule has 0 aliphatic carbocycles. The lowest BCUT2D eigenvalue weighted by atomic mass is 10.2. The summed E-state index contributed by atoms with van der Waals surface area (Å²) in [6, 6.07) is 5.90. The summed E-state index contributed by atoms with van der Waals surface area (Å²) in [5.74, 6) is -0.590. The number of carbonyl (C=O) groups excluding carboxylic acids is 2. The van der Waals surface area contributed by atoms with Gasteiger partial charge in [0, 0.05) is 36.3 Å². The van der Waals surface area contributed by atoms with Gasteiger partial charge in [-0.25, -0.2) is 4.98 Å². The van der Waals surface area contributed by atoms with Crippen molar-refractivity contribution in [2.24, 2.45) is 0 Å². The number of nitrogens with one attached hydrogen (secondary N) is 1. The molecule has 148 valence electrons. The van der Waals surface area contributed by atoms with Crippen LogP contribution in [0, 0.1) is 10.1 Å². The van der Waals surface area contributed by atoms with E-state index in [9.17, 15) is 19.7 Å². The van der Waals surface area contributed by atoms with Gasteiger partial charge < -0.3 is 10.2 Å². The Bertz CT molecular complexity index is 819. The minimum atomic E-state index is -0.477. The zero-order valence-electron chi connectivity index (χ0n) is 15.5. The molecule has 0 fully saturated rings. The fraction of sp³-hybridized carbons (Fsp3) is 0.316. The highest BCUT2D eigenvalue weighted by Crippen LogP contribution is 2.13. The summed E-state index contributed by atoms with van der Waals surface area (Å²) in [5, 5.41) is 15.6. The van der Waals surface area contributed by atoms with Gasteiger partial charge in [0.25, 0.3) is 5.69 Å². The van der Waals surface area contributed by atoms with E-state index in [4.69, 9.17) is 0 Å². The number of nitro benzene ring substituents is 1. The van der Waals surface area contributed by atoms with E-state index in [-0.39, 0.29) is 24.0 Å². The molecule has 0 atom stereocenters. The molecule has 2 aromatic rings. The lowest BCUT2D eigenvalue weighted by Gasteiger charge is -2.20. The van der Waals surface area contributed by atoms with Crippen molar-refractivity contribution in [3.63, 3.8) is 0 Å². The Balaban J connectivity index is 2.00. The second kappa shape index (κ2) is 10.9. The van der Waals surface area contributed by atoms with Gasteiger partial charge in [-0.2, -0.15) is 0 Å². The Kier molecular flexibility index (Phi) is 8.29. The third-order valence-corrected chi connectivity index (χ3v) is 4.57. The molecule has 0 aliphatic rings. The first-order valence-corrected chi connectivity index (χ1v) is 9.78. The first-order valence-electron chi connectivity index (χ1n) is 8.90. The SMILES string of the molecule is CCCCCN(CC(=O)Nc1nccs1)C(=O)/C=C/c1ccc([N+](=O)[O-])cc1. The van der Waals surface area contributed by atoms with Gasteiger partial charge in [0.1, 0.15) is 6.54 Å². The fourth-order valence-corrected chi connectivity index (χ4v) is 2.96. The van der Waals surface area contributed by atoms with E-state index in [0.717, 1.165) is 19.3 Å². The molecule has 0 unspecified atom stereocenters. The molecule has 0 spiro atoms. The van der Waals surface area contributed by atoms with Gasteiger partial charge in [0.15, 0.2) is 5.13 Å². The zero-order chi connectivity index (χ0) is 20.4. The zero-order valence-corrected chi connectivity index (χ0v) is 16.4. The number of rotatable bonds is 10. The van der Waals surface area contributed by atoms with Gasteiger partial charge in [-0.15, -0.1) is 11.3 Å². The van der Waals surface area contributed by atoms with E-state index < -0.39 is 4.92 Å². The third kappa shape index (κ3) is 6.92. The van der Waals surface area contributed by atoms with E-state index in [1.54, 1.807) is 29.8 Å². The van der Waals surface area contributed by atoms with E-state index in [1.807, 2.05) is 0 Å². The van der Waals surface area contributed by atoms with Crippen molar-refractivity contribution < 1.29 is 14.5 Å². The highest BCUT2D eigenvalue weighted by molar-refractivity contribution is 7.13. The van der Waals surface area contributed by atoms with Crippen LogP contribution in [-0.2, 0) is 9.59 Å². The number of nitro groups is 1. The highest BCUT2D eigenvalue weighted by atomic mass is 32.1. The molecule has 0 bridgehead atoms. The van der Waals surface area contributed by atoms with E-state index in [2.05, 4.69) is 17.2 Å². The number of hydrogen-bond acceptors (Lipinski definition) is 6. The van der Waals surface area contributed by atoms with Crippen molar-refractivity contribution in [1.29, 1.82) is 0 Å². The van der Waals surface area contributed by atoms with Crippen LogP contribution in [0.5, 0.6) is 0 Å². The van der Waals surface area contributed by atoms with Crippen LogP contribution in [0.4, 0.5) is 10.8 Å². The Morgan fingerprint density at radius 3 is 2.64 bits per heavy atom. The van der Waals surface area contributed by atoms with Crippen molar-refractivity contribution in [2.75, 3.05) is 18.4 Å². The van der Waals surface area contributed by atoms with Crippen molar-refractivity contribution >= 4 is 40.0 Å². The summed E-state index contributed by atoms with van der Waals surface area (Å²) in [7, 11) is 0. The van der Waals surface area contributed by atoms with Crippen LogP contribution in [-0.4, -0.2) is 39.7 Å². The van der Waals surface area contributed by atoms with E-state index in [0.29, 0.717) is 17.2 Å². The predicted octanol–water partition coefficient (Wildman–Crippen LogP) is 3.72. The molecule has 0 radical (unpaired) electrons. The first-order chi connectivity index (χ1) is 13.5. The second-order valence-electron chi connectivity index (χ2n) is 6.03. The topological polar surface area (TPSA) is 105 Å². The summed E-state index contributed by atoms with van der Waals surface area (Å²) in [4.78, 5) is 40.5. The number of aromatic nitrogens is 1. The van der Waals surface area contributed by atoms with E-state index >= 15 is 0 Å². The number of amides is 2. The lowest BCUT2D eigenvalue weighted by Crippen LogP contribution is -2.37. The monoisotopic (exact) mass is 402 g/mol. The van der Waals surface area contributed by atoms with Crippen LogP contribution in [0.25, 0.3) is 6.08 Å². The quantitative estimate of drug-likeness (QED) is 0.282. The average molecular weight is 402 g/mol. The van der Waals surface area contributed by atoms with Crippen molar-refractivity contribution in [2.45, 2.75) is 26.2 Å². The standard InChI is InChI=1S/C19H22N4O4S/c1-2-3-4-12-22(14-17(24)21-19-20-11-13-28-19)18(25)10-7-15-5-8-16(9-6-15)23(26)27/h5-11,13H,2-4,12,14H2,1H3,(H,20,21,24)/b10-7+. The number of anilines is 1. The van der Waals surface area contributed by atoms with Gasteiger partial charge >= 0.3 is 0 Å². The maximum Gasteiger partial charge on any atom is 0.269 e. The number of unbranched alkanes of at least 4 members (excludes halogenated alkanes) is 2. The molecule has 0 aliphatic heterocycles. The molecule has 1 aromatic carbocycles. The molecule has 0 saturated heterocycles. The van der Waals surface area contributed by atoms with Gasteiger partial charge in [-0.1, -0.05) is 19.8 Å². The number of thiazole rings is 1. The number of benzene rings is 1. The van der Waals surface area contributed by atoms with Crippen LogP contribution in [0.15, 0.2) is 41.9 Å². The Morgan fingerprint density at radius 2 is 2.04 bits per heavy atom. The molecular formula is C19H22N4O4S. The van der Waals surface area contributed by atoms with Gasteiger partial charge in [0.05, 0.1) is 4.92 Å². The van der Waals surface area contributed by atoms with E-state index in [1.165, 1.54) is 34.4 Å². The number of carbonyl (C=O) groups is 2. The molecule has 1 N–H and O–H groups in total. The summed E-state index contributed by atoms with van der Waals surface area (Å²) in [5.41, 5.74) is 0.656. The number of non-ortho nitro benzene ring substituents is 1. The molecule has 9 heteroatoms. The van der Waals surface area contributed by atoms with Gasteiger partial charge in [-0.05, 0) is 30.2 Å². The minimum Gasteiger partial charge on any atom is -0.330 e. The lowest BCUT2D eigenvalue weighted by molar-refractivity contribution is -0.384. The van der Waals surface area contributed by atoms with Crippen molar-refractivity contribution in [3.05, 3.63) is 57.6 Å². The second-order valence-corrected chi connectivity index (χ2v) is 6.93. The number of hydrogen-bond donors (Lipinski definition) is 1. The molecule has 1 aromatic heterocycles. The Labute approximate surface area is 167 Å². The molecule has 8 nitrogen and oxygen atoms in total. The molecular weight excluding hydrogens is 380 g/mol. The Morgan fingerprint density at radius 1 is 1.29 bits per heavy atom. The molecule has 0 saturated carbocycles. The normalized spacial score (nSPS) is 10.8. The highest BCUT2D eigenvalue weighted by Gasteiger charge is 2.15. The maximum atomic E-state index is 12.6. The molecule has 1 heterocycles. The predicted molar refractivity (Wildman–Crippen MR) is 109 cm³/mol. The van der Waals surface area contributed by atoms with Crippen molar-refractivity contribution in [3.8, 4) is 0 Å². The Hall–Kier alpha value is -3.07. The first kappa shape index (κ1) is 21.2. The fourth-order valence-electron chi connectivity index (χ4n) is 2.42. The van der Waals surface area contributed by atoms with Gasteiger partial charge in [-0.3, -0.25) is 19.7 Å². The maximum absolute atomic E-state index is 12.6. The van der Waals surface area contributed by atoms with Crippen LogP contribution in [0.1, 0.15) is 31.7 Å². The largest absolute Gasteiger partial charge is 0.330 e. The van der Waals surface area contributed by atoms with Crippen LogP contribution < -0.4 is 5.32 Å². The molecule has 2 amide bonds. The third-order valence-electron chi connectivity index (χ3n) is 3.88. The summed E-state index contributed by atoms with van der Waals surface area (Å²) in [6.45, 7) is 2.48. The average Bonchev–Trinajstić information content (AvgIpc) is 3.18. The molecule has 2 rings (SSSR count). The van der Waals surface area contributed by atoms with Crippen molar-refractivity contribution in [1.82, 2.24) is 9.88 Å². The van der Waals surface area contributed by atoms with Crippen LogP contribution >= 0.6 is 11.3 Å². The van der Waals surface area contributed by atoms with Gasteiger partial charge in [0.2, 0.25) is 11.8 Å². The molecule has 28 heavy (non-hydrogen) atoms. The van der Waals surface area contributed by atoms with Crippen LogP contribution in [0.3, 0.4) is 0 Å². The minimum absolute atomic E-state index is 0.0106. The number of nitrogens with zero attached hydrogens (tertiary/aromatic N) is 3. The summed E-state index contributed by atoms with van der Waals surface area (Å²) in [6.07, 6.45) is 7.33. The van der Waals surface area contributed by atoms with Crippen LogP contribution in [0.2, 0.25) is 0 Å². The summed E-state index contributed by atoms with van der Waals surface area (Å²) < 4.78 is 0.